The second-order valence-electron chi connectivity index (χ2n) is 32.1. The molecule has 0 heterocycles. The summed E-state index contributed by atoms with van der Waals surface area (Å²) in [7, 11) is 0. The monoisotopic (exact) mass is 1260 g/mol. The molecule has 7 saturated carbocycles. The summed E-state index contributed by atoms with van der Waals surface area (Å²) in [5, 5.41) is 0. The van der Waals surface area contributed by atoms with Gasteiger partial charge in [-0.1, -0.05) is 182 Å². The van der Waals surface area contributed by atoms with Crippen LogP contribution in [0, 0.1) is 112 Å². The summed E-state index contributed by atoms with van der Waals surface area (Å²) in [6.07, 6.45) is 41.6. The zero-order chi connectivity index (χ0) is 64.9. The average molecular weight is 1260 g/mol. The van der Waals surface area contributed by atoms with Crippen molar-refractivity contribution >= 4 is 40.7 Å². The molecule has 0 spiro atoms. The highest BCUT2D eigenvalue weighted by atomic mass is 16.5. The number of carbonyl (C=O) groups excluding carboxylic acids is 7. The lowest BCUT2D eigenvalue weighted by Crippen LogP contribution is -2.40. The highest BCUT2D eigenvalue weighted by Gasteiger charge is 2.46. The van der Waals surface area contributed by atoms with Crippen molar-refractivity contribution < 1.29 is 38.3 Å². The van der Waals surface area contributed by atoms with Crippen LogP contribution < -0.4 is 0 Å². The highest BCUT2D eigenvalue weighted by molar-refractivity contribution is 5.86. The van der Waals surface area contributed by atoms with E-state index in [1.165, 1.54) is 32.1 Å². The molecule has 0 N–H and O–H groups in total. The minimum absolute atomic E-state index is 0.0000601. The Labute approximate surface area is 555 Å². The summed E-state index contributed by atoms with van der Waals surface area (Å²) in [5.41, 5.74) is 1.18. The van der Waals surface area contributed by atoms with Gasteiger partial charge in [0.1, 0.15) is 41.3 Å². The number of Topliss-reactive ketones (excluding diaryl/α,β-unsaturated/α-hetero) is 6. The maximum absolute atomic E-state index is 15.1. The molecule has 0 amide bonds. The van der Waals surface area contributed by atoms with Crippen LogP contribution in [0.2, 0.25) is 0 Å². The molecule has 91 heavy (non-hydrogen) atoms. The van der Waals surface area contributed by atoms with Crippen molar-refractivity contribution in [3.05, 3.63) is 35.9 Å². The zero-order valence-corrected chi connectivity index (χ0v) is 59.2. The van der Waals surface area contributed by atoms with Crippen LogP contribution in [-0.2, 0) is 44.9 Å². The third-order valence-electron chi connectivity index (χ3n) is 27.2. The number of ether oxygens (including phenoxy) is 1. The number of hydrogen-bond donors (Lipinski definition) is 0. The molecule has 0 radical (unpaired) electrons. The SMILES string of the molecule is CC[C@H](C(=O)C[C@H]1CCCC[C@H]1[C@H](CC)C(=O)C[C@H]1CCCC[C@H]1[C@H](CC)C(=O)C[C@H]1CCCC[C@H]1[C@H](CC)C(=O)C[C@H]1CCCC[C@H]1[C@H](CC)C(=O)C[C@H]1CCCC[C@H]1[C@H](CC)C(=O)OCc1ccccc1)[C@@H]1CCCC[C@@H]1CC(=O)CC1(CC)CCCCC1. The van der Waals surface area contributed by atoms with Crippen LogP contribution in [0.15, 0.2) is 30.3 Å². The number of carbonyl (C=O) groups is 7. The fourth-order valence-electron chi connectivity index (χ4n) is 22.2. The molecular formula is C83H132O8. The van der Waals surface area contributed by atoms with Gasteiger partial charge in [0.25, 0.3) is 0 Å². The van der Waals surface area contributed by atoms with Gasteiger partial charge in [0, 0.05) is 74.5 Å². The Balaban J connectivity index is 0.869. The molecule has 0 aromatic heterocycles. The number of ketones is 6. The first-order valence-electron chi connectivity index (χ1n) is 39.6. The summed E-state index contributed by atoms with van der Waals surface area (Å²) in [5.74, 6) is 4.29. The Morgan fingerprint density at radius 3 is 0.912 bits per heavy atom. The normalized spacial score (nSPS) is 31.0. The molecule has 8 nitrogen and oxygen atoms in total. The third kappa shape index (κ3) is 19.7. The van der Waals surface area contributed by atoms with Crippen LogP contribution in [0.25, 0.3) is 0 Å². The Kier molecular flexibility index (Phi) is 30.1. The molecule has 0 unspecified atom stereocenters. The predicted octanol–water partition coefficient (Wildman–Crippen LogP) is 21.2. The minimum Gasteiger partial charge on any atom is -0.461 e. The summed E-state index contributed by atoms with van der Waals surface area (Å²) in [4.78, 5) is 103. The van der Waals surface area contributed by atoms with Gasteiger partial charge in [-0.15, -0.1) is 0 Å². The molecule has 8 heteroatoms. The van der Waals surface area contributed by atoms with Gasteiger partial charge >= 0.3 is 5.97 Å². The fourth-order valence-corrected chi connectivity index (χ4v) is 22.2. The third-order valence-corrected chi connectivity index (χ3v) is 27.2. The number of hydrogen-bond acceptors (Lipinski definition) is 8. The molecule has 7 aliphatic rings. The van der Waals surface area contributed by atoms with Gasteiger partial charge in [0.2, 0.25) is 0 Å². The first-order chi connectivity index (χ1) is 44.2. The lowest BCUT2D eigenvalue weighted by Gasteiger charge is -2.41. The molecular weight excluding hydrogens is 1120 g/mol. The van der Waals surface area contributed by atoms with E-state index in [9.17, 15) is 19.2 Å². The fraction of sp³-hybridized carbons (Fsp3) is 0.843. The van der Waals surface area contributed by atoms with Crippen LogP contribution in [0.3, 0.4) is 0 Å². The van der Waals surface area contributed by atoms with Crippen LogP contribution in [0.4, 0.5) is 0 Å². The van der Waals surface area contributed by atoms with Crippen LogP contribution in [-0.4, -0.2) is 40.7 Å². The van der Waals surface area contributed by atoms with E-state index in [-0.39, 0.29) is 113 Å². The highest BCUT2D eigenvalue weighted by Crippen LogP contribution is 2.50. The van der Waals surface area contributed by atoms with Crippen molar-refractivity contribution in [3.8, 4) is 0 Å². The second kappa shape index (κ2) is 37.3. The first kappa shape index (κ1) is 73.5. The predicted molar refractivity (Wildman–Crippen MR) is 370 cm³/mol. The Morgan fingerprint density at radius 2 is 0.626 bits per heavy atom. The van der Waals surface area contributed by atoms with Crippen molar-refractivity contribution in [3.63, 3.8) is 0 Å². The van der Waals surface area contributed by atoms with E-state index in [4.69, 9.17) is 4.74 Å². The Hall–Kier alpha value is -3.29. The molecule has 7 fully saturated rings. The van der Waals surface area contributed by atoms with Crippen molar-refractivity contribution in [2.24, 2.45) is 112 Å². The molecule has 1 aromatic rings. The topological polar surface area (TPSA) is 129 Å². The van der Waals surface area contributed by atoms with E-state index in [1.807, 2.05) is 30.3 Å². The zero-order valence-electron chi connectivity index (χ0n) is 59.2. The van der Waals surface area contributed by atoms with Crippen LogP contribution in [0.5, 0.6) is 0 Å². The van der Waals surface area contributed by atoms with Gasteiger partial charge in [-0.05, 0) is 210 Å². The summed E-state index contributed by atoms with van der Waals surface area (Å²) < 4.78 is 5.94. The molecule has 0 bridgehead atoms. The van der Waals surface area contributed by atoms with Crippen LogP contribution >= 0.6 is 0 Å². The van der Waals surface area contributed by atoms with E-state index < -0.39 is 0 Å². The average Bonchev–Trinajstić information content (AvgIpc) is 1.40. The molecule has 1 aromatic carbocycles. The van der Waals surface area contributed by atoms with Gasteiger partial charge in [0.05, 0.1) is 5.92 Å². The molecule has 512 valence electrons. The first-order valence-corrected chi connectivity index (χ1v) is 39.6. The summed E-state index contributed by atoms with van der Waals surface area (Å²) >= 11 is 0. The maximum Gasteiger partial charge on any atom is 0.309 e. The van der Waals surface area contributed by atoms with E-state index >= 15 is 14.4 Å². The van der Waals surface area contributed by atoms with Gasteiger partial charge in [-0.2, -0.15) is 0 Å². The molecule has 0 saturated heterocycles. The standard InChI is InChI=1S/C83H132O8/c1-8-65(71-41-25-19-35-58(71)49-64(84)55-83(14-7)47-31-16-32-48-83)77(85)50-59-36-20-26-42-72(59)66(9-2)78(86)51-60-37-21-27-43-73(60)67(10-3)79(87)52-61-38-22-28-44-74(61)68(11-4)80(88)53-62-39-23-29-45-75(62)69(12-5)81(89)54-63-40-24-30-46-76(63)70(13-6)82(90)91-56-57-33-17-15-18-34-57/h15,17-18,33-34,58-63,65-76H,8-14,16,19-32,35-56H2,1-7H3/t58-,59-,60-,61-,62-,63-,65+,66+,67+,68+,69+,70+,71-,72-,73-,74-,75-,76-/m1/s1. The molecule has 7 aliphatic carbocycles. The lowest BCUT2D eigenvalue weighted by atomic mass is 9.62. The lowest BCUT2D eigenvalue weighted by molar-refractivity contribution is -0.154. The van der Waals surface area contributed by atoms with E-state index in [2.05, 4.69) is 48.5 Å². The summed E-state index contributed by atoms with van der Waals surface area (Å²) in [6.45, 7) is 15.7. The minimum atomic E-state index is -0.210. The molecule has 8 rings (SSSR count). The van der Waals surface area contributed by atoms with E-state index in [1.54, 1.807) is 0 Å². The quantitative estimate of drug-likeness (QED) is 0.0615. The Morgan fingerprint density at radius 1 is 0.352 bits per heavy atom. The molecule has 18 atom stereocenters. The van der Waals surface area contributed by atoms with Gasteiger partial charge < -0.3 is 4.74 Å². The molecule has 0 aliphatic heterocycles. The number of benzene rings is 1. The van der Waals surface area contributed by atoms with Gasteiger partial charge in [-0.3, -0.25) is 33.6 Å². The number of rotatable bonds is 35. The van der Waals surface area contributed by atoms with Gasteiger partial charge in [-0.25, -0.2) is 0 Å². The van der Waals surface area contributed by atoms with E-state index in [0.717, 1.165) is 205 Å². The summed E-state index contributed by atoms with van der Waals surface area (Å²) in [6, 6.07) is 9.90. The van der Waals surface area contributed by atoms with Crippen molar-refractivity contribution in [2.45, 2.75) is 331 Å². The smallest absolute Gasteiger partial charge is 0.309 e. The van der Waals surface area contributed by atoms with Crippen molar-refractivity contribution in [1.82, 2.24) is 0 Å². The Bertz CT molecular complexity index is 2420. The number of esters is 1. The van der Waals surface area contributed by atoms with Crippen molar-refractivity contribution in [2.75, 3.05) is 0 Å². The van der Waals surface area contributed by atoms with Crippen molar-refractivity contribution in [1.29, 1.82) is 0 Å². The van der Waals surface area contributed by atoms with Crippen LogP contribution in [0.1, 0.15) is 330 Å². The van der Waals surface area contributed by atoms with E-state index in [0.29, 0.717) is 91.5 Å². The second-order valence-corrected chi connectivity index (χ2v) is 32.1. The largest absolute Gasteiger partial charge is 0.461 e. The maximum atomic E-state index is 15.1. The van der Waals surface area contributed by atoms with Gasteiger partial charge in [0.15, 0.2) is 0 Å².